The Bertz CT molecular complexity index is 176. The zero-order valence-corrected chi connectivity index (χ0v) is 10.8. The molecule has 6 nitrogen and oxygen atoms in total. The number of hydrogen-bond acceptors (Lipinski definition) is 6. The van der Waals surface area contributed by atoms with Crippen molar-refractivity contribution in [2.45, 2.75) is 51.4 Å². The van der Waals surface area contributed by atoms with Crippen LogP contribution in [-0.4, -0.2) is 35.6 Å². The molecule has 0 aliphatic heterocycles. The highest BCUT2D eigenvalue weighted by molar-refractivity contribution is 5.26. The van der Waals surface area contributed by atoms with Gasteiger partial charge >= 0.3 is 0 Å². The number of nitrogens with one attached hydrogen (secondary N) is 2. The third-order valence-corrected chi connectivity index (χ3v) is 2.07. The van der Waals surface area contributed by atoms with E-state index in [2.05, 4.69) is 0 Å². The van der Waals surface area contributed by atoms with Crippen LogP contribution in [0.4, 0.5) is 0 Å². The van der Waals surface area contributed by atoms with Crippen molar-refractivity contribution in [1.82, 2.24) is 0 Å². The quantitative estimate of drug-likeness (QED) is 0.287. The Morgan fingerprint density at radius 1 is 0.611 bits per heavy atom. The van der Waals surface area contributed by atoms with Crippen LogP contribution >= 0.6 is 0 Å². The lowest BCUT2D eigenvalue weighted by Crippen LogP contribution is -1.85. The van der Waals surface area contributed by atoms with Crippen LogP contribution in [0.25, 0.3) is 0 Å². The first-order chi connectivity index (χ1) is 8.74. The first-order valence-electron chi connectivity index (χ1n) is 6.04. The Hall–Kier alpha value is -1.32. The van der Waals surface area contributed by atoms with Crippen LogP contribution in [0.3, 0.4) is 0 Å². The van der Waals surface area contributed by atoms with Gasteiger partial charge in [0.15, 0.2) is 0 Å². The summed E-state index contributed by atoms with van der Waals surface area (Å²) in [4.78, 5) is 16.7. The van der Waals surface area contributed by atoms with Gasteiger partial charge in [-0.25, -0.2) is 20.4 Å². The SMILES string of the molecule is N=C=O.N=C=O.OCCCCCCCCCCO. The summed E-state index contributed by atoms with van der Waals surface area (Å²) in [7, 11) is 0. The molecule has 0 aromatic heterocycles. The molecule has 0 aliphatic rings. The minimum absolute atomic E-state index is 0.338. The highest BCUT2D eigenvalue weighted by atomic mass is 16.3. The molecule has 0 atom stereocenters. The molecule has 18 heavy (non-hydrogen) atoms. The van der Waals surface area contributed by atoms with Crippen molar-refractivity contribution >= 4 is 12.2 Å². The molecule has 0 spiro atoms. The molecule has 0 fully saturated rings. The fourth-order valence-electron chi connectivity index (χ4n) is 1.28. The zero-order chi connectivity index (χ0) is 14.5. The molecule has 0 saturated heterocycles. The maximum Gasteiger partial charge on any atom is 0.231 e. The van der Waals surface area contributed by atoms with Crippen LogP contribution in [0.15, 0.2) is 0 Å². The second kappa shape index (κ2) is 29.6. The van der Waals surface area contributed by atoms with Gasteiger partial charge in [0.2, 0.25) is 12.2 Å². The number of aliphatic hydroxyl groups is 2. The maximum absolute atomic E-state index is 8.51. The van der Waals surface area contributed by atoms with Gasteiger partial charge in [-0.15, -0.1) is 0 Å². The van der Waals surface area contributed by atoms with E-state index in [-0.39, 0.29) is 0 Å². The van der Waals surface area contributed by atoms with E-state index >= 15 is 0 Å². The molecular formula is C12H24N2O4. The molecule has 0 bridgehead atoms. The number of isocyanates is 2. The summed E-state index contributed by atoms with van der Waals surface area (Å²) in [6.07, 6.45) is 10.8. The predicted octanol–water partition coefficient (Wildman–Crippen LogP) is 1.89. The number of rotatable bonds is 9. The van der Waals surface area contributed by atoms with Gasteiger partial charge in [-0.3, -0.25) is 0 Å². The third-order valence-electron chi connectivity index (χ3n) is 2.07. The molecule has 0 unspecified atom stereocenters. The highest BCUT2D eigenvalue weighted by Gasteiger charge is 1.90. The smallest absolute Gasteiger partial charge is 0.231 e. The van der Waals surface area contributed by atoms with E-state index in [9.17, 15) is 0 Å². The monoisotopic (exact) mass is 260 g/mol. The minimum atomic E-state index is 0.338. The Labute approximate surface area is 108 Å². The lowest BCUT2D eigenvalue weighted by atomic mass is 10.1. The van der Waals surface area contributed by atoms with Gasteiger partial charge in [0.1, 0.15) is 0 Å². The van der Waals surface area contributed by atoms with E-state index < -0.39 is 0 Å². The second-order valence-electron chi connectivity index (χ2n) is 3.48. The largest absolute Gasteiger partial charge is 0.396 e. The molecular weight excluding hydrogens is 236 g/mol. The molecule has 0 amide bonds. The van der Waals surface area contributed by atoms with Crippen LogP contribution in [0.2, 0.25) is 0 Å². The average molecular weight is 260 g/mol. The van der Waals surface area contributed by atoms with Gasteiger partial charge in [0.05, 0.1) is 0 Å². The molecule has 0 aromatic carbocycles. The van der Waals surface area contributed by atoms with Gasteiger partial charge in [0.25, 0.3) is 0 Å². The normalized spacial score (nSPS) is 7.89. The van der Waals surface area contributed by atoms with E-state index in [4.69, 9.17) is 30.6 Å². The fourth-order valence-corrected chi connectivity index (χ4v) is 1.28. The summed E-state index contributed by atoms with van der Waals surface area (Å²) in [6.45, 7) is 0.676. The first kappa shape index (κ1) is 21.9. The standard InChI is InChI=1S/C10H22O2.2CHNO/c11-9-7-5-3-1-2-4-6-8-10-12;2*2-1-3/h11-12H,1-10H2;2*2H. The second-order valence-corrected chi connectivity index (χ2v) is 3.48. The highest BCUT2D eigenvalue weighted by Crippen LogP contribution is 2.07. The van der Waals surface area contributed by atoms with Crippen LogP contribution < -0.4 is 0 Å². The molecule has 0 heterocycles. The van der Waals surface area contributed by atoms with Crippen molar-refractivity contribution in [3.8, 4) is 0 Å². The molecule has 0 aromatic rings. The van der Waals surface area contributed by atoms with Crippen molar-refractivity contribution in [3.05, 3.63) is 0 Å². The van der Waals surface area contributed by atoms with E-state index in [1.165, 1.54) is 25.7 Å². The minimum Gasteiger partial charge on any atom is -0.396 e. The first-order valence-corrected chi connectivity index (χ1v) is 6.04. The molecule has 106 valence electrons. The Kier molecular flexibility index (Phi) is 36.1. The summed E-state index contributed by atoms with van der Waals surface area (Å²) < 4.78 is 0. The Balaban J connectivity index is -0.000000315. The summed E-state index contributed by atoms with van der Waals surface area (Å²) in [6, 6.07) is 0. The van der Waals surface area contributed by atoms with E-state index in [0.29, 0.717) is 13.2 Å². The van der Waals surface area contributed by atoms with E-state index in [1.54, 1.807) is 0 Å². The molecule has 0 rings (SSSR count). The van der Waals surface area contributed by atoms with Gasteiger partial charge in [-0.05, 0) is 12.8 Å². The molecule has 0 saturated carbocycles. The summed E-state index contributed by atoms with van der Waals surface area (Å²) >= 11 is 0. The van der Waals surface area contributed by atoms with E-state index in [1.807, 2.05) is 0 Å². The van der Waals surface area contributed by atoms with E-state index in [0.717, 1.165) is 37.8 Å². The van der Waals surface area contributed by atoms with Gasteiger partial charge < -0.3 is 10.2 Å². The van der Waals surface area contributed by atoms with Crippen LogP contribution in [0, 0.1) is 10.8 Å². The van der Waals surface area contributed by atoms with Crippen molar-refractivity contribution in [3.63, 3.8) is 0 Å². The zero-order valence-electron chi connectivity index (χ0n) is 10.8. The Morgan fingerprint density at radius 2 is 0.778 bits per heavy atom. The van der Waals surface area contributed by atoms with Crippen molar-refractivity contribution in [1.29, 1.82) is 10.8 Å². The van der Waals surface area contributed by atoms with Crippen molar-refractivity contribution in [2.24, 2.45) is 0 Å². The predicted molar refractivity (Wildman–Crippen MR) is 67.9 cm³/mol. The molecule has 0 aliphatic carbocycles. The van der Waals surface area contributed by atoms with Crippen LogP contribution in [-0.2, 0) is 9.59 Å². The fraction of sp³-hybridized carbons (Fsp3) is 0.833. The topological polar surface area (TPSA) is 122 Å². The lowest BCUT2D eigenvalue weighted by molar-refractivity contribution is 0.279. The number of carbonyl (C=O) groups excluding carboxylic acids is 2. The van der Waals surface area contributed by atoms with Gasteiger partial charge in [0, 0.05) is 13.2 Å². The average Bonchev–Trinajstić information content (AvgIpc) is 2.35. The van der Waals surface area contributed by atoms with Gasteiger partial charge in [-0.2, -0.15) is 0 Å². The van der Waals surface area contributed by atoms with Gasteiger partial charge in [-0.1, -0.05) is 38.5 Å². The molecule has 6 heteroatoms. The van der Waals surface area contributed by atoms with Crippen molar-refractivity contribution in [2.75, 3.05) is 13.2 Å². The van der Waals surface area contributed by atoms with Crippen molar-refractivity contribution < 1.29 is 19.8 Å². The summed E-state index contributed by atoms with van der Waals surface area (Å²) in [5, 5.41) is 27.8. The summed E-state index contributed by atoms with van der Waals surface area (Å²) in [5.41, 5.74) is 0. The third kappa shape index (κ3) is 46.6. The van der Waals surface area contributed by atoms with Crippen LogP contribution in [0.1, 0.15) is 51.4 Å². The maximum atomic E-state index is 8.51. The lowest BCUT2D eigenvalue weighted by Gasteiger charge is -1.99. The number of aliphatic hydroxyl groups excluding tert-OH is 2. The number of unbranched alkanes of at least 4 members (excludes halogenated alkanes) is 7. The molecule has 0 radical (unpaired) electrons. The van der Waals surface area contributed by atoms with Crippen LogP contribution in [0.5, 0.6) is 0 Å². The molecule has 4 N–H and O–H groups in total. The summed E-state index contributed by atoms with van der Waals surface area (Å²) in [5.74, 6) is 0. The Morgan fingerprint density at radius 3 is 0.944 bits per heavy atom. The number of hydrogen-bond donors (Lipinski definition) is 4.